The zero-order valence-electron chi connectivity index (χ0n) is 17.2. The monoisotopic (exact) mass is 482 g/mol. The number of carbonyl (C=O) groups excluding carboxylic acids is 2. The fraction of sp³-hybridized carbons (Fsp3) is 0.364. The van der Waals surface area contributed by atoms with E-state index in [0.29, 0.717) is 21.4 Å². The minimum Gasteiger partial charge on any atom is -0.326 e. The first-order valence-corrected chi connectivity index (χ1v) is 12.4. The van der Waals surface area contributed by atoms with Gasteiger partial charge in [0.15, 0.2) is 9.84 Å². The number of sulfone groups is 1. The van der Waals surface area contributed by atoms with Crippen LogP contribution in [0.1, 0.15) is 24.0 Å². The van der Waals surface area contributed by atoms with Gasteiger partial charge in [0.25, 0.3) is 0 Å². The lowest BCUT2D eigenvalue weighted by molar-refractivity contribution is -0.119. The lowest BCUT2D eigenvalue weighted by Crippen LogP contribution is -2.25. The zero-order chi connectivity index (χ0) is 22.8. The Morgan fingerprint density at radius 3 is 1.61 bits per heavy atom. The molecule has 3 rings (SSSR count). The van der Waals surface area contributed by atoms with Crippen LogP contribution in [0, 0.1) is 25.7 Å². The molecule has 1 heterocycles. The molecule has 6 nitrogen and oxygen atoms in total. The highest BCUT2D eigenvalue weighted by Gasteiger charge is 2.39. The quantitative estimate of drug-likeness (QED) is 0.627. The van der Waals surface area contributed by atoms with Crippen molar-refractivity contribution >= 4 is 56.2 Å². The largest absolute Gasteiger partial charge is 0.326 e. The number of carbonyl (C=O) groups is 2. The predicted molar refractivity (Wildman–Crippen MR) is 125 cm³/mol. The van der Waals surface area contributed by atoms with Crippen LogP contribution in [0.15, 0.2) is 36.4 Å². The standard InChI is InChI=1S/C22H24Cl2N2O4S/c1-13-3-5-17(23)9-19(13)25-21(27)7-15-11-31(29,30)12-16(15)8-22(28)26-20-10-18(24)6-4-14(20)2/h3-6,9-10,15-16H,7-8,11-12H2,1-2H3,(H,25,27)(H,26,28). The Balaban J connectivity index is 1.66. The Labute approximate surface area is 192 Å². The van der Waals surface area contributed by atoms with Crippen molar-refractivity contribution in [3.05, 3.63) is 57.6 Å². The molecule has 2 unspecified atom stereocenters. The maximum absolute atomic E-state index is 12.6. The van der Waals surface area contributed by atoms with Crippen molar-refractivity contribution in [1.29, 1.82) is 0 Å². The molecule has 0 aliphatic carbocycles. The van der Waals surface area contributed by atoms with Crippen molar-refractivity contribution in [3.63, 3.8) is 0 Å². The van der Waals surface area contributed by atoms with Crippen LogP contribution in [0.4, 0.5) is 11.4 Å². The van der Waals surface area contributed by atoms with Crippen LogP contribution in [0.2, 0.25) is 10.0 Å². The van der Waals surface area contributed by atoms with E-state index in [1.165, 1.54) is 0 Å². The molecule has 1 fully saturated rings. The Hall–Kier alpha value is -2.09. The second-order valence-corrected chi connectivity index (χ2v) is 11.0. The summed E-state index contributed by atoms with van der Waals surface area (Å²) in [6.45, 7) is 3.69. The molecule has 0 bridgehead atoms. The summed E-state index contributed by atoms with van der Waals surface area (Å²) in [4.78, 5) is 25.2. The highest BCUT2D eigenvalue weighted by molar-refractivity contribution is 7.91. The molecule has 1 saturated heterocycles. The van der Waals surface area contributed by atoms with E-state index in [4.69, 9.17) is 23.2 Å². The summed E-state index contributed by atoms with van der Waals surface area (Å²) >= 11 is 12.0. The van der Waals surface area contributed by atoms with Gasteiger partial charge in [-0.15, -0.1) is 0 Å². The Bertz CT molecular complexity index is 1040. The minimum absolute atomic E-state index is 0.0132. The summed E-state index contributed by atoms with van der Waals surface area (Å²) in [5.41, 5.74) is 2.88. The van der Waals surface area contributed by atoms with Crippen LogP contribution in [0.25, 0.3) is 0 Å². The number of amides is 2. The van der Waals surface area contributed by atoms with E-state index < -0.39 is 21.7 Å². The van der Waals surface area contributed by atoms with Gasteiger partial charge in [-0.25, -0.2) is 8.42 Å². The van der Waals surface area contributed by atoms with E-state index in [9.17, 15) is 18.0 Å². The van der Waals surface area contributed by atoms with Crippen molar-refractivity contribution in [2.45, 2.75) is 26.7 Å². The van der Waals surface area contributed by atoms with Gasteiger partial charge in [-0.1, -0.05) is 35.3 Å². The van der Waals surface area contributed by atoms with Crippen LogP contribution in [0.5, 0.6) is 0 Å². The first kappa shape index (κ1) is 23.6. The number of anilines is 2. The van der Waals surface area contributed by atoms with E-state index in [-0.39, 0.29) is 36.2 Å². The Kier molecular flexibility index (Phi) is 7.29. The average Bonchev–Trinajstić information content (AvgIpc) is 2.94. The molecule has 2 aromatic rings. The number of rotatable bonds is 6. The summed E-state index contributed by atoms with van der Waals surface area (Å²) in [7, 11) is -3.31. The molecular formula is C22H24Cl2N2O4S. The van der Waals surface area contributed by atoms with E-state index in [1.54, 1.807) is 36.4 Å². The first-order chi connectivity index (χ1) is 14.5. The molecule has 9 heteroatoms. The van der Waals surface area contributed by atoms with Crippen LogP contribution < -0.4 is 10.6 Å². The van der Waals surface area contributed by atoms with Gasteiger partial charge < -0.3 is 10.6 Å². The molecule has 1 aliphatic rings. The van der Waals surface area contributed by atoms with Crippen molar-refractivity contribution in [2.24, 2.45) is 11.8 Å². The smallest absolute Gasteiger partial charge is 0.224 e. The van der Waals surface area contributed by atoms with E-state index in [2.05, 4.69) is 10.6 Å². The maximum atomic E-state index is 12.6. The van der Waals surface area contributed by atoms with Gasteiger partial charge in [-0.05, 0) is 61.1 Å². The Morgan fingerprint density at radius 2 is 1.23 bits per heavy atom. The number of halogens is 2. The van der Waals surface area contributed by atoms with Crippen molar-refractivity contribution in [1.82, 2.24) is 0 Å². The summed E-state index contributed by atoms with van der Waals surface area (Å²) in [5.74, 6) is -1.69. The van der Waals surface area contributed by atoms with Gasteiger partial charge in [0, 0.05) is 34.3 Å². The molecule has 1 aliphatic heterocycles. The third kappa shape index (κ3) is 6.45. The van der Waals surface area contributed by atoms with E-state index >= 15 is 0 Å². The molecule has 2 amide bonds. The second-order valence-electron chi connectivity index (χ2n) is 8.02. The lowest BCUT2D eigenvalue weighted by Gasteiger charge is -2.18. The fourth-order valence-corrected chi connectivity index (χ4v) is 6.35. The Morgan fingerprint density at radius 1 is 0.839 bits per heavy atom. The molecule has 2 N–H and O–H groups in total. The number of nitrogens with one attached hydrogen (secondary N) is 2. The molecular weight excluding hydrogens is 459 g/mol. The van der Waals surface area contributed by atoms with Gasteiger partial charge in [0.2, 0.25) is 11.8 Å². The number of aryl methyl sites for hydroxylation is 2. The fourth-order valence-electron chi connectivity index (χ4n) is 3.78. The SMILES string of the molecule is Cc1ccc(Cl)cc1NC(=O)CC1CS(=O)(=O)CC1CC(=O)Nc1cc(Cl)ccc1C. The summed E-state index contributed by atoms with van der Waals surface area (Å²) in [6.07, 6.45) is 0.0264. The minimum atomic E-state index is -3.31. The molecule has 0 saturated carbocycles. The van der Waals surface area contributed by atoms with Gasteiger partial charge >= 0.3 is 0 Å². The van der Waals surface area contributed by atoms with E-state index in [1.807, 2.05) is 13.8 Å². The lowest BCUT2D eigenvalue weighted by atomic mass is 9.89. The topological polar surface area (TPSA) is 92.3 Å². The van der Waals surface area contributed by atoms with Crippen LogP contribution in [-0.4, -0.2) is 31.7 Å². The predicted octanol–water partition coefficient (Wildman–Crippen LogP) is 4.63. The highest BCUT2D eigenvalue weighted by atomic mass is 35.5. The summed E-state index contributed by atoms with van der Waals surface area (Å²) in [6, 6.07) is 10.3. The first-order valence-electron chi connectivity index (χ1n) is 9.85. The third-order valence-corrected chi connectivity index (χ3v) is 7.79. The second kappa shape index (κ2) is 9.59. The van der Waals surface area contributed by atoms with Crippen molar-refractivity contribution in [2.75, 3.05) is 22.1 Å². The van der Waals surface area contributed by atoms with Crippen molar-refractivity contribution in [3.8, 4) is 0 Å². The summed E-state index contributed by atoms with van der Waals surface area (Å²) in [5, 5.41) is 6.59. The molecule has 0 radical (unpaired) electrons. The van der Waals surface area contributed by atoms with E-state index in [0.717, 1.165) is 11.1 Å². The number of benzene rings is 2. The molecule has 31 heavy (non-hydrogen) atoms. The average molecular weight is 483 g/mol. The van der Waals surface area contributed by atoms with Gasteiger partial charge in [0.1, 0.15) is 0 Å². The molecule has 2 atom stereocenters. The highest BCUT2D eigenvalue weighted by Crippen LogP contribution is 2.32. The maximum Gasteiger partial charge on any atom is 0.224 e. The zero-order valence-corrected chi connectivity index (χ0v) is 19.6. The molecule has 0 spiro atoms. The molecule has 2 aromatic carbocycles. The van der Waals surface area contributed by atoms with Crippen LogP contribution >= 0.6 is 23.2 Å². The third-order valence-electron chi connectivity index (χ3n) is 5.45. The number of hydrogen-bond donors (Lipinski definition) is 2. The summed E-state index contributed by atoms with van der Waals surface area (Å²) < 4.78 is 24.5. The van der Waals surface area contributed by atoms with Crippen molar-refractivity contribution < 1.29 is 18.0 Å². The van der Waals surface area contributed by atoms with Gasteiger partial charge in [0.05, 0.1) is 11.5 Å². The number of hydrogen-bond acceptors (Lipinski definition) is 4. The van der Waals surface area contributed by atoms with Gasteiger partial charge in [-0.2, -0.15) is 0 Å². The van der Waals surface area contributed by atoms with Crippen LogP contribution in [-0.2, 0) is 19.4 Å². The molecule has 0 aromatic heterocycles. The normalized spacial score (nSPS) is 19.7. The van der Waals surface area contributed by atoms with Crippen LogP contribution in [0.3, 0.4) is 0 Å². The van der Waals surface area contributed by atoms with Gasteiger partial charge in [-0.3, -0.25) is 9.59 Å². The molecule has 166 valence electrons.